The van der Waals surface area contributed by atoms with Gasteiger partial charge in [-0.05, 0) is 18.2 Å². The lowest BCUT2D eigenvalue weighted by atomic mass is 10.2. The van der Waals surface area contributed by atoms with Gasteiger partial charge in [0.15, 0.2) is 11.5 Å². The molecule has 0 radical (unpaired) electrons. The van der Waals surface area contributed by atoms with Crippen LogP contribution in [0.3, 0.4) is 0 Å². The minimum Gasteiger partial charge on any atom is -0.504 e. The van der Waals surface area contributed by atoms with Crippen LogP contribution in [0.1, 0.15) is 12.0 Å². The largest absolute Gasteiger partial charge is 0.504 e. The zero-order valence-corrected chi connectivity index (χ0v) is 11.3. The molecule has 4 nitrogen and oxygen atoms in total. The summed E-state index contributed by atoms with van der Waals surface area (Å²) in [6, 6.07) is 5.67. The second-order valence-corrected chi connectivity index (χ2v) is 5.24. The molecule has 100 valence electrons. The number of methoxy groups -OCH3 is 1. The molecule has 0 saturated carbocycles. The summed E-state index contributed by atoms with van der Waals surface area (Å²) in [4.78, 5) is 3.26. The Morgan fingerprint density at radius 2 is 2.06 bits per heavy atom. The molecule has 18 heavy (non-hydrogen) atoms. The molecular formula is C14H24N2O2+2. The van der Waals surface area contributed by atoms with E-state index in [0.717, 1.165) is 6.54 Å². The van der Waals surface area contributed by atoms with E-state index in [-0.39, 0.29) is 5.75 Å². The summed E-state index contributed by atoms with van der Waals surface area (Å²) in [6.45, 7) is 5.99. The first-order chi connectivity index (χ1) is 8.69. The molecule has 0 spiro atoms. The number of quaternary nitrogens is 2. The van der Waals surface area contributed by atoms with Crippen LogP contribution in [-0.2, 0) is 6.54 Å². The highest BCUT2D eigenvalue weighted by Gasteiger charge is 2.18. The Hall–Kier alpha value is -1.26. The molecule has 0 aromatic heterocycles. The minimum atomic E-state index is 0.219. The van der Waals surface area contributed by atoms with Gasteiger partial charge in [-0.15, -0.1) is 0 Å². The number of hydrogen-bond donors (Lipinski definition) is 3. The molecule has 0 amide bonds. The van der Waals surface area contributed by atoms with E-state index in [4.69, 9.17) is 4.74 Å². The number of benzene rings is 1. The van der Waals surface area contributed by atoms with Gasteiger partial charge in [-0.2, -0.15) is 0 Å². The number of hydrogen-bond acceptors (Lipinski definition) is 2. The van der Waals surface area contributed by atoms with Gasteiger partial charge in [0.05, 0.1) is 27.2 Å². The third-order valence-corrected chi connectivity index (χ3v) is 3.74. The normalized spacial score (nSPS) is 24.6. The van der Waals surface area contributed by atoms with Crippen LogP contribution in [0.15, 0.2) is 18.2 Å². The highest BCUT2D eigenvalue weighted by Crippen LogP contribution is 2.25. The van der Waals surface area contributed by atoms with Gasteiger partial charge in [-0.3, -0.25) is 0 Å². The third kappa shape index (κ3) is 3.37. The van der Waals surface area contributed by atoms with E-state index >= 15 is 0 Å². The average molecular weight is 252 g/mol. The van der Waals surface area contributed by atoms with Crippen molar-refractivity contribution in [1.29, 1.82) is 0 Å². The van der Waals surface area contributed by atoms with E-state index in [2.05, 4.69) is 7.05 Å². The molecule has 1 heterocycles. The molecule has 1 aromatic rings. The maximum absolute atomic E-state index is 9.59. The van der Waals surface area contributed by atoms with Crippen LogP contribution in [0.2, 0.25) is 0 Å². The number of phenolic OH excluding ortho intramolecular Hbond substituents is 1. The number of likely N-dealkylation sites (N-methyl/N-ethyl adjacent to an activating group) is 1. The SMILES string of the molecule is COc1cc(C[NH+]2CCC[NH+](C)CC2)ccc1O. The topological polar surface area (TPSA) is 38.3 Å². The summed E-state index contributed by atoms with van der Waals surface area (Å²) in [7, 11) is 3.86. The maximum atomic E-state index is 9.59. The number of phenols is 1. The molecule has 0 aliphatic carbocycles. The lowest BCUT2D eigenvalue weighted by Gasteiger charge is -2.16. The lowest BCUT2D eigenvalue weighted by Crippen LogP contribution is -3.15. The Labute approximate surface area is 109 Å². The summed E-state index contributed by atoms with van der Waals surface area (Å²) in [5, 5.41) is 9.59. The molecular weight excluding hydrogens is 228 g/mol. The van der Waals surface area contributed by atoms with Gasteiger partial charge in [0.1, 0.15) is 19.6 Å². The van der Waals surface area contributed by atoms with Crippen LogP contribution in [-0.4, -0.2) is 45.4 Å². The van der Waals surface area contributed by atoms with Crippen LogP contribution in [0.25, 0.3) is 0 Å². The van der Waals surface area contributed by atoms with Crippen molar-refractivity contribution in [2.45, 2.75) is 13.0 Å². The molecule has 2 unspecified atom stereocenters. The van der Waals surface area contributed by atoms with E-state index in [9.17, 15) is 5.11 Å². The van der Waals surface area contributed by atoms with Crippen molar-refractivity contribution in [3.63, 3.8) is 0 Å². The molecule has 1 fully saturated rings. The summed E-state index contributed by atoms with van der Waals surface area (Å²) in [5.74, 6) is 0.792. The number of ether oxygens (including phenoxy) is 1. The van der Waals surface area contributed by atoms with Crippen molar-refractivity contribution < 1.29 is 19.6 Å². The Morgan fingerprint density at radius 3 is 2.83 bits per heavy atom. The number of nitrogens with one attached hydrogen (secondary N) is 2. The molecule has 4 heteroatoms. The second-order valence-electron chi connectivity index (χ2n) is 5.24. The zero-order valence-electron chi connectivity index (χ0n) is 11.3. The summed E-state index contributed by atoms with van der Waals surface area (Å²) >= 11 is 0. The van der Waals surface area contributed by atoms with E-state index in [1.807, 2.05) is 12.1 Å². The fourth-order valence-electron chi connectivity index (χ4n) is 2.58. The fraction of sp³-hybridized carbons (Fsp3) is 0.571. The molecule has 1 aliphatic heterocycles. The second kappa shape index (κ2) is 6.07. The van der Waals surface area contributed by atoms with Crippen LogP contribution in [0.4, 0.5) is 0 Å². The molecule has 2 atom stereocenters. The van der Waals surface area contributed by atoms with E-state index in [1.165, 1.54) is 38.2 Å². The molecule has 2 rings (SSSR count). The standard InChI is InChI=1S/C14H22N2O2/c1-15-6-3-7-16(9-8-15)11-12-4-5-13(17)14(10-12)18-2/h4-5,10,17H,3,6-9,11H2,1-2H3/p+2. The first-order valence-electron chi connectivity index (χ1n) is 6.70. The van der Waals surface area contributed by atoms with E-state index < -0.39 is 0 Å². The van der Waals surface area contributed by atoms with E-state index in [0.29, 0.717) is 5.75 Å². The first kappa shape index (κ1) is 13.2. The Morgan fingerprint density at radius 1 is 1.22 bits per heavy atom. The fourth-order valence-corrected chi connectivity index (χ4v) is 2.58. The molecule has 1 aromatic carbocycles. The highest BCUT2D eigenvalue weighted by molar-refractivity contribution is 5.41. The minimum absolute atomic E-state index is 0.219. The predicted octanol–water partition coefficient (Wildman–Crippen LogP) is -1.30. The van der Waals surface area contributed by atoms with Crippen LogP contribution < -0.4 is 14.5 Å². The third-order valence-electron chi connectivity index (χ3n) is 3.74. The van der Waals surface area contributed by atoms with Gasteiger partial charge in [0.25, 0.3) is 0 Å². The van der Waals surface area contributed by atoms with Gasteiger partial charge < -0.3 is 19.6 Å². The van der Waals surface area contributed by atoms with Crippen LogP contribution >= 0.6 is 0 Å². The van der Waals surface area contributed by atoms with Gasteiger partial charge in [0, 0.05) is 12.0 Å². The average Bonchev–Trinajstić information content (AvgIpc) is 2.57. The molecule has 1 saturated heterocycles. The van der Waals surface area contributed by atoms with Gasteiger partial charge in [-0.25, -0.2) is 0 Å². The zero-order chi connectivity index (χ0) is 13.0. The predicted molar refractivity (Wildman–Crippen MR) is 70.3 cm³/mol. The monoisotopic (exact) mass is 252 g/mol. The first-order valence-corrected chi connectivity index (χ1v) is 6.70. The van der Waals surface area contributed by atoms with Crippen molar-refractivity contribution in [3.8, 4) is 11.5 Å². The van der Waals surface area contributed by atoms with Crippen molar-refractivity contribution in [1.82, 2.24) is 0 Å². The molecule has 0 bridgehead atoms. The number of rotatable bonds is 3. The maximum Gasteiger partial charge on any atom is 0.160 e. The highest BCUT2D eigenvalue weighted by atomic mass is 16.5. The molecule has 1 aliphatic rings. The van der Waals surface area contributed by atoms with E-state index in [1.54, 1.807) is 23.0 Å². The van der Waals surface area contributed by atoms with Gasteiger partial charge >= 0.3 is 0 Å². The van der Waals surface area contributed by atoms with Gasteiger partial charge in [-0.1, -0.05) is 0 Å². The summed E-state index contributed by atoms with van der Waals surface area (Å²) in [5.41, 5.74) is 1.24. The van der Waals surface area contributed by atoms with Crippen molar-refractivity contribution in [3.05, 3.63) is 23.8 Å². The molecule has 3 N–H and O–H groups in total. The van der Waals surface area contributed by atoms with Crippen LogP contribution in [0.5, 0.6) is 11.5 Å². The van der Waals surface area contributed by atoms with Crippen molar-refractivity contribution >= 4 is 0 Å². The van der Waals surface area contributed by atoms with Gasteiger partial charge in [0.2, 0.25) is 0 Å². The summed E-state index contributed by atoms with van der Waals surface area (Å²) in [6.07, 6.45) is 1.29. The Bertz CT molecular complexity index is 395. The van der Waals surface area contributed by atoms with Crippen molar-refractivity contribution in [2.75, 3.05) is 40.3 Å². The quantitative estimate of drug-likeness (QED) is 0.626. The number of aromatic hydroxyl groups is 1. The Kier molecular flexibility index (Phi) is 4.44. The smallest absolute Gasteiger partial charge is 0.160 e. The van der Waals surface area contributed by atoms with Crippen molar-refractivity contribution in [2.24, 2.45) is 0 Å². The van der Waals surface area contributed by atoms with Crippen LogP contribution in [0, 0.1) is 0 Å². The Balaban J connectivity index is 2.00. The summed E-state index contributed by atoms with van der Waals surface area (Å²) < 4.78 is 5.15. The lowest BCUT2D eigenvalue weighted by molar-refractivity contribution is -0.938.